The molecule has 29 heavy (non-hydrogen) atoms. The van der Waals surface area contributed by atoms with Crippen LogP contribution in [0.1, 0.15) is 49.4 Å². The Balaban J connectivity index is 1.41. The summed E-state index contributed by atoms with van der Waals surface area (Å²) in [6.07, 6.45) is 4.82. The minimum Gasteiger partial charge on any atom is -0.352 e. The molecule has 2 aliphatic heterocycles. The first-order valence-electron chi connectivity index (χ1n) is 10.7. The number of rotatable bonds is 7. The third-order valence-electron chi connectivity index (χ3n) is 5.74. The molecule has 1 aromatic rings. The fourth-order valence-corrected chi connectivity index (χ4v) is 4.10. The lowest BCUT2D eigenvalue weighted by atomic mass is 9.93. The van der Waals surface area contributed by atoms with Gasteiger partial charge in [0.2, 0.25) is 11.8 Å². The maximum absolute atomic E-state index is 12.4. The van der Waals surface area contributed by atoms with Crippen LogP contribution in [0.5, 0.6) is 0 Å². The van der Waals surface area contributed by atoms with Crippen LogP contribution < -0.4 is 10.6 Å². The van der Waals surface area contributed by atoms with E-state index < -0.39 is 0 Å². The lowest BCUT2D eigenvalue weighted by Gasteiger charge is -2.31. The second-order valence-corrected chi connectivity index (χ2v) is 8.00. The van der Waals surface area contributed by atoms with E-state index in [1.807, 2.05) is 11.8 Å². The normalized spacial score (nSPS) is 17.9. The van der Waals surface area contributed by atoms with Crippen molar-refractivity contribution in [2.75, 3.05) is 44.6 Å². The van der Waals surface area contributed by atoms with Gasteiger partial charge in [0.05, 0.1) is 6.54 Å². The third kappa shape index (κ3) is 6.29. The highest BCUT2D eigenvalue weighted by atomic mass is 16.2. The van der Waals surface area contributed by atoms with Crippen molar-refractivity contribution in [1.29, 1.82) is 0 Å². The predicted molar refractivity (Wildman–Crippen MR) is 113 cm³/mol. The molecule has 0 unspecified atom stereocenters. The van der Waals surface area contributed by atoms with Crippen molar-refractivity contribution in [3.63, 3.8) is 0 Å². The van der Waals surface area contributed by atoms with Gasteiger partial charge in [0.15, 0.2) is 0 Å². The summed E-state index contributed by atoms with van der Waals surface area (Å²) in [6, 6.07) is 6.98. The average molecular weight is 401 g/mol. The summed E-state index contributed by atoms with van der Waals surface area (Å²) >= 11 is 0. The molecule has 1 aromatic carbocycles. The molecule has 2 N–H and O–H groups in total. The van der Waals surface area contributed by atoms with Crippen LogP contribution in [0.2, 0.25) is 0 Å². The summed E-state index contributed by atoms with van der Waals surface area (Å²) in [5.41, 5.74) is 1.16. The van der Waals surface area contributed by atoms with Gasteiger partial charge in [0, 0.05) is 37.3 Å². The molecule has 0 spiro atoms. The van der Waals surface area contributed by atoms with Crippen LogP contribution in [-0.2, 0) is 9.59 Å². The highest BCUT2D eigenvalue weighted by Gasteiger charge is 2.26. The zero-order chi connectivity index (χ0) is 20.6. The quantitative estimate of drug-likeness (QED) is 0.734. The molecule has 2 aliphatic rings. The van der Waals surface area contributed by atoms with Crippen molar-refractivity contribution in [2.24, 2.45) is 5.92 Å². The van der Waals surface area contributed by atoms with E-state index in [9.17, 15) is 14.4 Å². The lowest BCUT2D eigenvalue weighted by molar-refractivity contribution is -0.131. The monoisotopic (exact) mass is 400 g/mol. The van der Waals surface area contributed by atoms with E-state index in [-0.39, 0.29) is 11.8 Å². The minimum atomic E-state index is -0.144. The van der Waals surface area contributed by atoms with E-state index in [0.29, 0.717) is 42.6 Å². The van der Waals surface area contributed by atoms with Crippen LogP contribution in [0.3, 0.4) is 0 Å². The fraction of sp³-hybridized carbons (Fsp3) is 0.591. The molecule has 158 valence electrons. The van der Waals surface area contributed by atoms with Gasteiger partial charge in [0.25, 0.3) is 5.91 Å². The van der Waals surface area contributed by atoms with Crippen molar-refractivity contribution in [3.05, 3.63) is 29.8 Å². The summed E-state index contributed by atoms with van der Waals surface area (Å²) in [6.45, 7) is 6.27. The minimum absolute atomic E-state index is 0.0790. The number of carbonyl (C=O) groups excluding carboxylic acids is 3. The van der Waals surface area contributed by atoms with E-state index in [0.717, 1.165) is 51.9 Å². The molecule has 0 bridgehead atoms. The molecule has 7 heteroatoms. The molecule has 0 radical (unpaired) electrons. The summed E-state index contributed by atoms with van der Waals surface area (Å²) in [4.78, 5) is 40.8. The van der Waals surface area contributed by atoms with Gasteiger partial charge in [0.1, 0.15) is 0 Å². The molecule has 2 heterocycles. The van der Waals surface area contributed by atoms with Gasteiger partial charge in [-0.15, -0.1) is 0 Å². The Bertz CT molecular complexity index is 723. The Hall–Kier alpha value is -2.41. The lowest BCUT2D eigenvalue weighted by Crippen LogP contribution is -2.40. The van der Waals surface area contributed by atoms with Crippen molar-refractivity contribution in [1.82, 2.24) is 15.1 Å². The van der Waals surface area contributed by atoms with Crippen molar-refractivity contribution in [2.45, 2.75) is 39.0 Å². The van der Waals surface area contributed by atoms with Gasteiger partial charge in [-0.3, -0.25) is 19.3 Å². The SMILES string of the molecule is CCNC(=O)c1cccc(NC(=O)CN2CCC(CC(=O)N3CCCC3)CC2)c1. The first-order chi connectivity index (χ1) is 14.0. The second-order valence-electron chi connectivity index (χ2n) is 8.00. The van der Waals surface area contributed by atoms with Crippen LogP contribution in [0.15, 0.2) is 24.3 Å². The van der Waals surface area contributed by atoms with Crippen LogP contribution in [0, 0.1) is 5.92 Å². The van der Waals surface area contributed by atoms with Crippen LogP contribution >= 0.6 is 0 Å². The molecule has 3 rings (SSSR count). The summed E-state index contributed by atoms with van der Waals surface area (Å²) in [5, 5.41) is 5.64. The molecule has 2 fully saturated rings. The first kappa shape index (κ1) is 21.3. The first-order valence-corrected chi connectivity index (χ1v) is 10.7. The number of amides is 3. The van der Waals surface area contributed by atoms with Gasteiger partial charge in [-0.05, 0) is 69.8 Å². The van der Waals surface area contributed by atoms with Crippen LogP contribution in [0.25, 0.3) is 0 Å². The average Bonchev–Trinajstić information content (AvgIpc) is 3.25. The summed E-state index contributed by atoms with van der Waals surface area (Å²) in [7, 11) is 0. The van der Waals surface area contributed by atoms with Crippen molar-refractivity contribution >= 4 is 23.4 Å². The Kier molecular flexibility index (Phi) is 7.63. The molecule has 0 atom stereocenters. The maximum Gasteiger partial charge on any atom is 0.251 e. The van der Waals surface area contributed by atoms with E-state index in [1.165, 1.54) is 0 Å². The number of carbonyl (C=O) groups is 3. The largest absolute Gasteiger partial charge is 0.352 e. The van der Waals surface area contributed by atoms with Crippen LogP contribution in [-0.4, -0.2) is 66.8 Å². The zero-order valence-corrected chi connectivity index (χ0v) is 17.3. The topological polar surface area (TPSA) is 81.8 Å². The number of hydrogen-bond donors (Lipinski definition) is 2. The van der Waals surface area contributed by atoms with E-state index >= 15 is 0 Å². The predicted octanol–water partition coefficient (Wildman–Crippen LogP) is 2.10. The molecule has 0 aliphatic carbocycles. The smallest absolute Gasteiger partial charge is 0.251 e. The number of piperidine rings is 1. The van der Waals surface area contributed by atoms with Crippen molar-refractivity contribution < 1.29 is 14.4 Å². The van der Waals surface area contributed by atoms with Gasteiger partial charge in [-0.1, -0.05) is 6.07 Å². The summed E-state index contributed by atoms with van der Waals surface area (Å²) < 4.78 is 0. The molecule has 2 saturated heterocycles. The number of likely N-dealkylation sites (tertiary alicyclic amines) is 2. The van der Waals surface area contributed by atoms with Gasteiger partial charge < -0.3 is 15.5 Å². The molecule has 7 nitrogen and oxygen atoms in total. The molecule has 3 amide bonds. The van der Waals surface area contributed by atoms with E-state index in [1.54, 1.807) is 24.3 Å². The van der Waals surface area contributed by atoms with Crippen molar-refractivity contribution in [3.8, 4) is 0 Å². The number of anilines is 1. The number of hydrogen-bond acceptors (Lipinski definition) is 4. The number of benzene rings is 1. The van der Waals surface area contributed by atoms with E-state index in [4.69, 9.17) is 0 Å². The Morgan fingerprint density at radius 2 is 1.79 bits per heavy atom. The standard InChI is InChI=1S/C22H32N4O3/c1-2-23-22(29)18-6-5-7-19(15-18)24-20(27)16-25-12-8-17(9-13-25)14-21(28)26-10-3-4-11-26/h5-7,15,17H,2-4,8-14,16H2,1H3,(H,23,29)(H,24,27). The van der Waals surface area contributed by atoms with Gasteiger partial charge >= 0.3 is 0 Å². The highest BCUT2D eigenvalue weighted by molar-refractivity contribution is 5.97. The molecule has 0 saturated carbocycles. The third-order valence-corrected chi connectivity index (χ3v) is 5.74. The molecular formula is C22H32N4O3. The second kappa shape index (κ2) is 10.4. The fourth-order valence-electron chi connectivity index (χ4n) is 4.10. The Labute approximate surface area is 172 Å². The molecule has 0 aromatic heterocycles. The molecular weight excluding hydrogens is 368 g/mol. The van der Waals surface area contributed by atoms with Gasteiger partial charge in [-0.2, -0.15) is 0 Å². The Morgan fingerprint density at radius 3 is 2.48 bits per heavy atom. The highest BCUT2D eigenvalue weighted by Crippen LogP contribution is 2.22. The number of nitrogens with one attached hydrogen (secondary N) is 2. The number of nitrogens with zero attached hydrogens (tertiary/aromatic N) is 2. The van der Waals surface area contributed by atoms with Gasteiger partial charge in [-0.25, -0.2) is 0 Å². The Morgan fingerprint density at radius 1 is 1.07 bits per heavy atom. The van der Waals surface area contributed by atoms with Crippen LogP contribution in [0.4, 0.5) is 5.69 Å². The zero-order valence-electron chi connectivity index (χ0n) is 17.3. The van der Waals surface area contributed by atoms with E-state index in [2.05, 4.69) is 15.5 Å². The maximum atomic E-state index is 12.4. The summed E-state index contributed by atoms with van der Waals surface area (Å²) in [5.74, 6) is 0.501.